The van der Waals surface area contributed by atoms with Crippen molar-refractivity contribution >= 4 is 11.8 Å². The van der Waals surface area contributed by atoms with Crippen molar-refractivity contribution in [2.45, 2.75) is 54.2 Å². The Morgan fingerprint density at radius 2 is 2.00 bits per heavy atom. The van der Waals surface area contributed by atoms with Gasteiger partial charge in [-0.3, -0.25) is 0 Å². The van der Waals surface area contributed by atoms with Crippen LogP contribution in [0.4, 0.5) is 0 Å². The topological polar surface area (TPSA) is 26.0 Å². The average molecular weight is 233 g/mol. The van der Waals surface area contributed by atoms with Crippen molar-refractivity contribution in [1.29, 1.82) is 0 Å². The monoisotopic (exact) mass is 233 g/mol. The van der Waals surface area contributed by atoms with Gasteiger partial charge in [0.15, 0.2) is 0 Å². The molecular weight excluding hydrogens is 214 g/mol. The summed E-state index contributed by atoms with van der Waals surface area (Å²) >= 11 is 2.04. The summed E-state index contributed by atoms with van der Waals surface area (Å²) in [6.07, 6.45) is 7.56. The van der Waals surface area contributed by atoms with Crippen LogP contribution in [0.5, 0.6) is 0 Å². The Labute approximate surface area is 102 Å². The lowest BCUT2D eigenvalue weighted by Gasteiger charge is -2.26. The number of hydrogen-bond acceptors (Lipinski definition) is 2. The average Bonchev–Trinajstić information content (AvgIpc) is 2.84. The van der Waals surface area contributed by atoms with Gasteiger partial charge in [0.1, 0.15) is 0 Å². The van der Waals surface area contributed by atoms with Gasteiger partial charge in [-0.1, -0.05) is 31.0 Å². The lowest BCUT2D eigenvalue weighted by atomic mass is 9.91. The van der Waals surface area contributed by atoms with Gasteiger partial charge in [0.25, 0.3) is 0 Å². The molecule has 1 unspecified atom stereocenters. The molecule has 0 aromatic heterocycles. The van der Waals surface area contributed by atoms with Gasteiger partial charge in [0, 0.05) is 15.7 Å². The highest BCUT2D eigenvalue weighted by Crippen LogP contribution is 2.42. The molecule has 3 rings (SSSR count). The molecule has 1 aliphatic carbocycles. The van der Waals surface area contributed by atoms with E-state index >= 15 is 0 Å². The molecule has 1 aromatic carbocycles. The number of fused-ring (bicyclic) bond motifs is 1. The highest BCUT2D eigenvalue weighted by Gasteiger charge is 2.34. The van der Waals surface area contributed by atoms with Crippen LogP contribution < -0.4 is 5.73 Å². The highest BCUT2D eigenvalue weighted by atomic mass is 32.2. The molecule has 0 saturated heterocycles. The normalized spacial score (nSPS) is 26.9. The van der Waals surface area contributed by atoms with Crippen LogP contribution >= 0.6 is 11.8 Å². The predicted octanol–water partition coefficient (Wildman–Crippen LogP) is 3.37. The highest BCUT2D eigenvalue weighted by molar-refractivity contribution is 8.00. The summed E-state index contributed by atoms with van der Waals surface area (Å²) < 4.78 is 0. The molecule has 2 heteroatoms. The van der Waals surface area contributed by atoms with E-state index in [1.54, 1.807) is 0 Å². The Balaban J connectivity index is 1.68. The summed E-state index contributed by atoms with van der Waals surface area (Å²) in [5.74, 6) is 0. The minimum Gasteiger partial charge on any atom is -0.325 e. The van der Waals surface area contributed by atoms with E-state index in [9.17, 15) is 0 Å². The van der Waals surface area contributed by atoms with Gasteiger partial charge < -0.3 is 5.73 Å². The number of rotatable bonds is 2. The summed E-state index contributed by atoms with van der Waals surface area (Å²) in [5, 5.41) is 0.723. The molecule has 1 nitrogen and oxygen atoms in total. The third-order valence-electron chi connectivity index (χ3n) is 3.95. The lowest BCUT2D eigenvalue weighted by Crippen LogP contribution is -2.39. The molecule has 1 aromatic rings. The third kappa shape index (κ3) is 2.01. The van der Waals surface area contributed by atoms with Crippen LogP contribution in [-0.4, -0.2) is 10.8 Å². The third-order valence-corrected chi connectivity index (χ3v) is 5.27. The van der Waals surface area contributed by atoms with Crippen LogP contribution in [-0.2, 0) is 6.42 Å². The number of benzene rings is 1. The first-order chi connectivity index (χ1) is 7.75. The summed E-state index contributed by atoms with van der Waals surface area (Å²) in [6.45, 7) is 0. The van der Waals surface area contributed by atoms with E-state index in [2.05, 4.69) is 24.3 Å². The van der Waals surface area contributed by atoms with Crippen LogP contribution in [0.3, 0.4) is 0 Å². The van der Waals surface area contributed by atoms with Gasteiger partial charge in [-0.25, -0.2) is 0 Å². The zero-order valence-electron chi connectivity index (χ0n) is 9.61. The Morgan fingerprint density at radius 3 is 2.75 bits per heavy atom. The molecular formula is C14H19NS. The fraction of sp³-hybridized carbons (Fsp3) is 0.571. The summed E-state index contributed by atoms with van der Waals surface area (Å²) in [7, 11) is 0. The number of thioether (sulfide) groups is 1. The largest absolute Gasteiger partial charge is 0.325 e. The van der Waals surface area contributed by atoms with E-state index < -0.39 is 0 Å². The van der Waals surface area contributed by atoms with Gasteiger partial charge in [0.05, 0.1) is 0 Å². The van der Waals surface area contributed by atoms with Crippen LogP contribution in [0.1, 0.15) is 37.7 Å². The molecule has 1 fully saturated rings. The second-order valence-electron chi connectivity index (χ2n) is 5.33. The SMILES string of the molecule is NC1(CC2Cc3ccccc3S2)CCCC1. The molecule has 2 aliphatic rings. The fourth-order valence-electron chi connectivity index (χ4n) is 3.10. The fourth-order valence-corrected chi connectivity index (χ4v) is 4.60. The minimum atomic E-state index is 0.152. The molecule has 0 amide bonds. The van der Waals surface area contributed by atoms with E-state index in [-0.39, 0.29) is 5.54 Å². The molecule has 86 valence electrons. The van der Waals surface area contributed by atoms with E-state index in [1.165, 1.54) is 49.0 Å². The van der Waals surface area contributed by atoms with Crippen LogP contribution in [0.2, 0.25) is 0 Å². The molecule has 1 atom stereocenters. The smallest absolute Gasteiger partial charge is 0.0165 e. The van der Waals surface area contributed by atoms with Crippen LogP contribution in [0.15, 0.2) is 29.2 Å². The van der Waals surface area contributed by atoms with E-state index in [0.717, 1.165) is 5.25 Å². The predicted molar refractivity (Wildman–Crippen MR) is 69.8 cm³/mol. The van der Waals surface area contributed by atoms with Crippen molar-refractivity contribution < 1.29 is 0 Å². The molecule has 1 heterocycles. The first-order valence-electron chi connectivity index (χ1n) is 6.29. The maximum Gasteiger partial charge on any atom is 0.0165 e. The zero-order valence-corrected chi connectivity index (χ0v) is 10.4. The molecule has 0 spiro atoms. The van der Waals surface area contributed by atoms with E-state index in [1.807, 2.05) is 11.8 Å². The molecule has 0 radical (unpaired) electrons. The molecule has 0 bridgehead atoms. The number of nitrogens with two attached hydrogens (primary N) is 1. The second-order valence-corrected chi connectivity index (χ2v) is 6.67. The maximum atomic E-state index is 6.46. The minimum absolute atomic E-state index is 0.152. The van der Waals surface area contributed by atoms with Crippen molar-refractivity contribution in [3.63, 3.8) is 0 Å². The van der Waals surface area contributed by atoms with Crippen LogP contribution in [0.25, 0.3) is 0 Å². The van der Waals surface area contributed by atoms with Crippen molar-refractivity contribution in [2.24, 2.45) is 5.73 Å². The number of hydrogen-bond donors (Lipinski definition) is 1. The van der Waals surface area contributed by atoms with Gasteiger partial charge in [-0.05, 0) is 37.3 Å². The quantitative estimate of drug-likeness (QED) is 0.847. The summed E-state index contributed by atoms with van der Waals surface area (Å²) in [5.41, 5.74) is 8.14. The van der Waals surface area contributed by atoms with Crippen molar-refractivity contribution in [2.75, 3.05) is 0 Å². The van der Waals surface area contributed by atoms with Gasteiger partial charge in [0.2, 0.25) is 0 Å². The zero-order chi connectivity index (χ0) is 11.0. The second kappa shape index (κ2) is 4.08. The Bertz CT molecular complexity index is 357. The van der Waals surface area contributed by atoms with Crippen molar-refractivity contribution in [3.05, 3.63) is 29.8 Å². The summed E-state index contributed by atoms with van der Waals surface area (Å²) in [4.78, 5) is 1.48. The molecule has 16 heavy (non-hydrogen) atoms. The van der Waals surface area contributed by atoms with Crippen molar-refractivity contribution in [3.8, 4) is 0 Å². The molecule has 1 aliphatic heterocycles. The maximum absolute atomic E-state index is 6.46. The van der Waals surface area contributed by atoms with Gasteiger partial charge >= 0.3 is 0 Å². The Morgan fingerprint density at radius 1 is 1.25 bits per heavy atom. The Hall–Kier alpha value is -0.470. The van der Waals surface area contributed by atoms with Crippen LogP contribution in [0, 0.1) is 0 Å². The first-order valence-corrected chi connectivity index (χ1v) is 7.17. The molecule has 2 N–H and O–H groups in total. The molecule has 1 saturated carbocycles. The van der Waals surface area contributed by atoms with Gasteiger partial charge in [-0.15, -0.1) is 11.8 Å². The van der Waals surface area contributed by atoms with E-state index in [0.29, 0.717) is 0 Å². The standard InChI is InChI=1S/C14H19NS/c15-14(7-3-4-8-14)10-12-9-11-5-1-2-6-13(11)16-12/h1-2,5-6,12H,3-4,7-10,15H2. The Kier molecular flexibility index (Phi) is 2.72. The lowest BCUT2D eigenvalue weighted by molar-refractivity contribution is 0.400. The van der Waals surface area contributed by atoms with E-state index in [4.69, 9.17) is 5.73 Å². The summed E-state index contributed by atoms with van der Waals surface area (Å²) in [6, 6.07) is 8.80. The van der Waals surface area contributed by atoms with Gasteiger partial charge in [-0.2, -0.15) is 0 Å². The first kappa shape index (κ1) is 10.7. The van der Waals surface area contributed by atoms with Crippen molar-refractivity contribution in [1.82, 2.24) is 0 Å².